The zero-order valence-corrected chi connectivity index (χ0v) is 7.10. The molecule has 3 nitrogen and oxygen atoms in total. The van der Waals surface area contributed by atoms with Gasteiger partial charge in [-0.2, -0.15) is 0 Å². The van der Waals surface area contributed by atoms with Gasteiger partial charge >= 0.3 is 0 Å². The first-order chi connectivity index (χ1) is 6.42. The first-order valence-electron chi connectivity index (χ1n) is 4.06. The van der Waals surface area contributed by atoms with E-state index in [9.17, 15) is 0 Å². The van der Waals surface area contributed by atoms with Crippen LogP contribution in [0.25, 0.3) is 10.9 Å². The zero-order chi connectivity index (χ0) is 9.10. The second-order valence-corrected chi connectivity index (χ2v) is 2.80. The molecule has 0 radical (unpaired) electrons. The van der Waals surface area contributed by atoms with Crippen LogP contribution in [0.5, 0.6) is 0 Å². The Morgan fingerprint density at radius 3 is 2.92 bits per heavy atom. The normalized spacial score (nSPS) is 10.5. The van der Waals surface area contributed by atoms with Crippen molar-refractivity contribution in [3.05, 3.63) is 42.1 Å². The van der Waals surface area contributed by atoms with Gasteiger partial charge in [0.2, 0.25) is 0 Å². The van der Waals surface area contributed by atoms with Gasteiger partial charge in [-0.1, -0.05) is 18.2 Å². The average molecular weight is 174 g/mol. The molecule has 1 aromatic carbocycles. The number of hydrogen-bond acceptors (Lipinski definition) is 3. The molecule has 1 aromatic heterocycles. The van der Waals surface area contributed by atoms with E-state index in [1.807, 2.05) is 30.3 Å². The van der Waals surface area contributed by atoms with Crippen molar-refractivity contribution in [1.29, 1.82) is 0 Å². The van der Waals surface area contributed by atoms with Crippen molar-refractivity contribution < 1.29 is 4.84 Å². The Bertz CT molecular complexity index is 409. The summed E-state index contributed by atoms with van der Waals surface area (Å²) in [6.07, 6.45) is 1.76. The Balaban J connectivity index is 2.61. The maximum Gasteiger partial charge on any atom is 0.0937 e. The van der Waals surface area contributed by atoms with Crippen LogP contribution in [0.2, 0.25) is 0 Å². The standard InChI is InChI=1S/C10H10N2O/c11-13-7-8-5-6-12-10-4-2-1-3-9(8)10/h1-6H,7,11H2. The van der Waals surface area contributed by atoms with E-state index in [1.165, 1.54) is 0 Å². The number of aromatic nitrogens is 1. The Kier molecular flexibility index (Phi) is 2.21. The third-order valence-electron chi connectivity index (χ3n) is 1.98. The first-order valence-corrected chi connectivity index (χ1v) is 4.06. The SMILES string of the molecule is NOCc1ccnc2ccccc12. The van der Waals surface area contributed by atoms with E-state index in [1.54, 1.807) is 6.20 Å². The van der Waals surface area contributed by atoms with Crippen LogP contribution in [0.4, 0.5) is 0 Å². The fourth-order valence-electron chi connectivity index (χ4n) is 1.37. The molecule has 3 heteroatoms. The summed E-state index contributed by atoms with van der Waals surface area (Å²) in [7, 11) is 0. The van der Waals surface area contributed by atoms with Gasteiger partial charge in [0.15, 0.2) is 0 Å². The van der Waals surface area contributed by atoms with Gasteiger partial charge in [0.25, 0.3) is 0 Å². The quantitative estimate of drug-likeness (QED) is 0.704. The molecule has 0 amide bonds. The third-order valence-corrected chi connectivity index (χ3v) is 1.98. The molecular weight excluding hydrogens is 164 g/mol. The lowest BCUT2D eigenvalue weighted by molar-refractivity contribution is 0.125. The van der Waals surface area contributed by atoms with Crippen molar-refractivity contribution in [2.75, 3.05) is 0 Å². The highest BCUT2D eigenvalue weighted by molar-refractivity contribution is 5.81. The van der Waals surface area contributed by atoms with Gasteiger partial charge in [-0.05, 0) is 17.7 Å². The highest BCUT2D eigenvalue weighted by Gasteiger charge is 1.99. The van der Waals surface area contributed by atoms with Crippen LogP contribution in [0, 0.1) is 0 Å². The van der Waals surface area contributed by atoms with Crippen LogP contribution >= 0.6 is 0 Å². The summed E-state index contributed by atoms with van der Waals surface area (Å²) in [6, 6.07) is 9.83. The van der Waals surface area contributed by atoms with Crippen molar-refractivity contribution in [1.82, 2.24) is 4.98 Å². The highest BCUT2D eigenvalue weighted by atomic mass is 16.6. The molecule has 0 unspecified atom stereocenters. The molecule has 0 aliphatic carbocycles. The minimum atomic E-state index is 0.420. The summed E-state index contributed by atoms with van der Waals surface area (Å²) in [5, 5.41) is 1.09. The predicted octanol–water partition coefficient (Wildman–Crippen LogP) is 1.63. The number of nitrogens with zero attached hydrogens (tertiary/aromatic N) is 1. The first kappa shape index (κ1) is 8.16. The predicted molar refractivity (Wildman–Crippen MR) is 50.7 cm³/mol. The lowest BCUT2D eigenvalue weighted by atomic mass is 10.1. The number of nitrogens with two attached hydrogens (primary N) is 1. The molecule has 0 atom stereocenters. The second-order valence-electron chi connectivity index (χ2n) is 2.80. The molecule has 0 fully saturated rings. The van der Waals surface area contributed by atoms with Gasteiger partial charge in [-0.25, -0.2) is 5.90 Å². The maximum atomic E-state index is 5.03. The molecule has 13 heavy (non-hydrogen) atoms. The van der Waals surface area contributed by atoms with Gasteiger partial charge in [-0.3, -0.25) is 9.82 Å². The van der Waals surface area contributed by atoms with Crippen LogP contribution < -0.4 is 5.90 Å². The minimum absolute atomic E-state index is 0.420. The van der Waals surface area contributed by atoms with E-state index >= 15 is 0 Å². The van der Waals surface area contributed by atoms with Crippen LogP contribution in [-0.2, 0) is 11.4 Å². The zero-order valence-electron chi connectivity index (χ0n) is 7.10. The van der Waals surface area contributed by atoms with Gasteiger partial charge in [0, 0.05) is 11.6 Å². The van der Waals surface area contributed by atoms with Crippen molar-refractivity contribution in [2.24, 2.45) is 5.90 Å². The van der Waals surface area contributed by atoms with Crippen LogP contribution in [-0.4, -0.2) is 4.98 Å². The van der Waals surface area contributed by atoms with E-state index in [0.29, 0.717) is 6.61 Å². The van der Waals surface area contributed by atoms with Gasteiger partial charge in [-0.15, -0.1) is 0 Å². The van der Waals surface area contributed by atoms with Gasteiger partial charge in [0.1, 0.15) is 0 Å². The van der Waals surface area contributed by atoms with E-state index in [-0.39, 0.29) is 0 Å². The highest BCUT2D eigenvalue weighted by Crippen LogP contribution is 2.15. The summed E-state index contributed by atoms with van der Waals surface area (Å²) in [6.45, 7) is 0.420. The molecule has 0 bridgehead atoms. The molecule has 2 aromatic rings. The number of pyridine rings is 1. The van der Waals surface area contributed by atoms with E-state index in [0.717, 1.165) is 16.5 Å². The Labute approximate surface area is 76.1 Å². The Morgan fingerprint density at radius 2 is 2.08 bits per heavy atom. The maximum absolute atomic E-state index is 5.03. The monoisotopic (exact) mass is 174 g/mol. The summed E-state index contributed by atoms with van der Waals surface area (Å²) in [5.41, 5.74) is 2.03. The van der Waals surface area contributed by atoms with E-state index in [2.05, 4.69) is 9.82 Å². The molecule has 0 spiro atoms. The molecule has 2 rings (SSSR count). The van der Waals surface area contributed by atoms with Crippen LogP contribution in [0.3, 0.4) is 0 Å². The number of rotatable bonds is 2. The summed E-state index contributed by atoms with van der Waals surface area (Å²) in [5.74, 6) is 5.03. The molecule has 0 saturated heterocycles. The number of fused-ring (bicyclic) bond motifs is 1. The second kappa shape index (κ2) is 3.51. The van der Waals surface area contributed by atoms with E-state index in [4.69, 9.17) is 5.90 Å². The molecule has 0 saturated carbocycles. The van der Waals surface area contributed by atoms with Crippen LogP contribution in [0.15, 0.2) is 36.5 Å². The van der Waals surface area contributed by atoms with Gasteiger partial charge < -0.3 is 0 Å². The number of benzene rings is 1. The minimum Gasteiger partial charge on any atom is -0.300 e. The van der Waals surface area contributed by atoms with Crippen molar-refractivity contribution in [3.63, 3.8) is 0 Å². The number of hydrogen-bond donors (Lipinski definition) is 1. The summed E-state index contributed by atoms with van der Waals surface area (Å²) in [4.78, 5) is 8.84. The smallest absolute Gasteiger partial charge is 0.0937 e. The van der Waals surface area contributed by atoms with Crippen molar-refractivity contribution >= 4 is 10.9 Å². The molecule has 0 aliphatic rings. The van der Waals surface area contributed by atoms with Crippen LogP contribution in [0.1, 0.15) is 5.56 Å². The lowest BCUT2D eigenvalue weighted by Crippen LogP contribution is -1.99. The summed E-state index contributed by atoms with van der Waals surface area (Å²) < 4.78 is 0. The van der Waals surface area contributed by atoms with E-state index < -0.39 is 0 Å². The molecule has 0 aliphatic heterocycles. The van der Waals surface area contributed by atoms with Crippen molar-refractivity contribution in [2.45, 2.75) is 6.61 Å². The topological polar surface area (TPSA) is 48.1 Å². The van der Waals surface area contributed by atoms with Crippen molar-refractivity contribution in [3.8, 4) is 0 Å². The fraction of sp³-hybridized carbons (Fsp3) is 0.100. The number of para-hydroxylation sites is 1. The summed E-state index contributed by atoms with van der Waals surface area (Å²) >= 11 is 0. The molecule has 66 valence electrons. The third kappa shape index (κ3) is 1.52. The Hall–Kier alpha value is -1.45. The van der Waals surface area contributed by atoms with Gasteiger partial charge in [0.05, 0.1) is 12.1 Å². The largest absolute Gasteiger partial charge is 0.300 e. The lowest BCUT2D eigenvalue weighted by Gasteiger charge is -2.03. The molecular formula is C10H10N2O. The Morgan fingerprint density at radius 1 is 1.23 bits per heavy atom. The fourth-order valence-corrected chi connectivity index (χ4v) is 1.37. The average Bonchev–Trinajstić information content (AvgIpc) is 2.19. The molecule has 1 heterocycles. The molecule has 2 N–H and O–H groups in total.